The summed E-state index contributed by atoms with van der Waals surface area (Å²) in [5.41, 5.74) is 1.27. The lowest BCUT2D eigenvalue weighted by Crippen LogP contribution is -2.19. The summed E-state index contributed by atoms with van der Waals surface area (Å²) >= 11 is 0. The van der Waals surface area contributed by atoms with Crippen LogP contribution in [0.4, 0.5) is 24.7 Å². The summed E-state index contributed by atoms with van der Waals surface area (Å²) in [5, 5.41) is 2.57. The molecule has 2 heterocycles. The molecule has 0 spiro atoms. The van der Waals surface area contributed by atoms with E-state index < -0.39 is 17.6 Å². The van der Waals surface area contributed by atoms with Crippen LogP contribution in [0.3, 0.4) is 0 Å². The fourth-order valence-corrected chi connectivity index (χ4v) is 4.19. The highest BCUT2D eigenvalue weighted by molar-refractivity contribution is 6.11. The van der Waals surface area contributed by atoms with Crippen LogP contribution in [0.2, 0.25) is 0 Å². The van der Waals surface area contributed by atoms with Gasteiger partial charge in [-0.2, -0.15) is 13.2 Å². The lowest BCUT2D eigenvalue weighted by Gasteiger charge is -2.16. The molecule has 9 heteroatoms. The number of carbonyl (C=O) groups excluding carboxylic acids is 2. The van der Waals surface area contributed by atoms with Crippen LogP contribution in [-0.4, -0.2) is 34.7 Å². The Balaban J connectivity index is 1.37. The summed E-state index contributed by atoms with van der Waals surface area (Å²) in [5.74, 6) is -0.203. The van der Waals surface area contributed by atoms with Crippen molar-refractivity contribution < 1.29 is 22.8 Å². The normalized spacial score (nSPS) is 13.7. The molecule has 1 aliphatic heterocycles. The molecule has 36 heavy (non-hydrogen) atoms. The van der Waals surface area contributed by atoms with Gasteiger partial charge in [0.25, 0.3) is 5.91 Å². The van der Waals surface area contributed by atoms with Gasteiger partial charge in [0, 0.05) is 35.5 Å². The first kappa shape index (κ1) is 23.5. The largest absolute Gasteiger partial charge is 0.416 e. The van der Waals surface area contributed by atoms with E-state index in [4.69, 9.17) is 0 Å². The number of benzene rings is 3. The number of carbonyl (C=O) groups is 2. The second kappa shape index (κ2) is 9.41. The number of aromatic nitrogens is 2. The Morgan fingerprint density at radius 1 is 0.833 bits per heavy atom. The van der Waals surface area contributed by atoms with Gasteiger partial charge in [-0.3, -0.25) is 14.6 Å². The number of halogens is 3. The van der Waals surface area contributed by atoms with Gasteiger partial charge in [0.1, 0.15) is 5.82 Å². The second-order valence-corrected chi connectivity index (χ2v) is 8.57. The maximum Gasteiger partial charge on any atom is 0.416 e. The van der Waals surface area contributed by atoms with Crippen molar-refractivity contribution in [2.24, 2.45) is 0 Å². The van der Waals surface area contributed by atoms with Crippen molar-refractivity contribution in [1.29, 1.82) is 0 Å². The molecule has 0 atom stereocenters. The molecular weight excluding hydrogens is 469 g/mol. The van der Waals surface area contributed by atoms with Crippen LogP contribution in [0.1, 0.15) is 44.7 Å². The molecule has 3 aromatic carbocycles. The van der Waals surface area contributed by atoms with Crippen LogP contribution < -0.4 is 10.2 Å². The Kier molecular flexibility index (Phi) is 6.13. The van der Waals surface area contributed by atoms with E-state index in [1.54, 1.807) is 42.6 Å². The summed E-state index contributed by atoms with van der Waals surface area (Å²) in [7, 11) is 0. The van der Waals surface area contributed by atoms with Crippen LogP contribution in [0.5, 0.6) is 0 Å². The van der Waals surface area contributed by atoms with E-state index in [1.807, 2.05) is 0 Å². The summed E-state index contributed by atoms with van der Waals surface area (Å²) in [6, 6.07) is 15.5. The summed E-state index contributed by atoms with van der Waals surface area (Å²) in [6.07, 6.45) is -0.592. The lowest BCUT2D eigenvalue weighted by atomic mass is 10.0. The monoisotopic (exact) mass is 490 g/mol. The van der Waals surface area contributed by atoms with Gasteiger partial charge in [-0.05, 0) is 61.4 Å². The molecule has 0 saturated carbocycles. The van der Waals surface area contributed by atoms with E-state index in [9.17, 15) is 22.8 Å². The molecule has 0 radical (unpaired) electrons. The Morgan fingerprint density at radius 2 is 1.56 bits per heavy atom. The van der Waals surface area contributed by atoms with Gasteiger partial charge >= 0.3 is 6.18 Å². The molecule has 1 amide bonds. The smallest absolute Gasteiger partial charge is 0.355 e. The van der Waals surface area contributed by atoms with E-state index >= 15 is 0 Å². The topological polar surface area (TPSA) is 75.2 Å². The van der Waals surface area contributed by atoms with Gasteiger partial charge < -0.3 is 10.2 Å². The molecule has 0 unspecified atom stereocenters. The Morgan fingerprint density at radius 3 is 2.33 bits per heavy atom. The first-order valence-corrected chi connectivity index (χ1v) is 11.4. The number of amides is 1. The fraction of sp³-hybridized carbons (Fsp3) is 0.185. The van der Waals surface area contributed by atoms with E-state index in [1.165, 1.54) is 18.2 Å². The molecule has 4 aromatic rings. The van der Waals surface area contributed by atoms with E-state index in [2.05, 4.69) is 20.2 Å². The molecule has 6 nitrogen and oxygen atoms in total. The van der Waals surface area contributed by atoms with Crippen LogP contribution in [0.25, 0.3) is 11.0 Å². The minimum atomic E-state index is -4.55. The highest BCUT2D eigenvalue weighted by Crippen LogP contribution is 2.30. The van der Waals surface area contributed by atoms with Gasteiger partial charge in [-0.25, -0.2) is 4.98 Å². The Hall–Kier alpha value is -4.27. The van der Waals surface area contributed by atoms with E-state index in [0.717, 1.165) is 43.9 Å². The minimum absolute atomic E-state index is 0.136. The van der Waals surface area contributed by atoms with Crippen molar-refractivity contribution in [2.75, 3.05) is 23.3 Å². The number of anilines is 2. The van der Waals surface area contributed by atoms with E-state index in [-0.39, 0.29) is 11.3 Å². The molecule has 1 aromatic heterocycles. The molecule has 1 N–H and O–H groups in total. The van der Waals surface area contributed by atoms with Crippen molar-refractivity contribution in [3.8, 4) is 0 Å². The van der Waals surface area contributed by atoms with Gasteiger partial charge in [-0.15, -0.1) is 0 Å². The van der Waals surface area contributed by atoms with Crippen LogP contribution in [0.15, 0.2) is 72.9 Å². The van der Waals surface area contributed by atoms with Crippen molar-refractivity contribution in [1.82, 2.24) is 9.97 Å². The SMILES string of the molecule is O=C(Nc1cccc(C(=O)c2ccc3ncc(N4CCCC4)nc3c2)c1)c1cccc(C(F)(F)F)c1. The predicted molar refractivity (Wildman–Crippen MR) is 130 cm³/mol. The zero-order chi connectivity index (χ0) is 25.3. The number of hydrogen-bond acceptors (Lipinski definition) is 5. The first-order chi connectivity index (χ1) is 17.3. The van der Waals surface area contributed by atoms with Gasteiger partial charge in [-0.1, -0.05) is 18.2 Å². The van der Waals surface area contributed by atoms with Crippen molar-refractivity contribution in [2.45, 2.75) is 19.0 Å². The van der Waals surface area contributed by atoms with Gasteiger partial charge in [0.2, 0.25) is 0 Å². The quantitative estimate of drug-likeness (QED) is 0.362. The number of alkyl halides is 3. The summed E-state index contributed by atoms with van der Waals surface area (Å²) in [6.45, 7) is 1.86. The number of nitrogens with one attached hydrogen (secondary N) is 1. The molecule has 0 bridgehead atoms. The van der Waals surface area contributed by atoms with Crippen LogP contribution >= 0.6 is 0 Å². The van der Waals surface area contributed by atoms with Crippen molar-refractivity contribution in [3.05, 3.63) is 95.2 Å². The molecule has 1 aliphatic rings. The zero-order valence-electron chi connectivity index (χ0n) is 19.0. The third kappa shape index (κ3) is 4.91. The number of rotatable bonds is 5. The van der Waals surface area contributed by atoms with Gasteiger partial charge in [0.15, 0.2) is 5.78 Å². The average molecular weight is 490 g/mol. The zero-order valence-corrected chi connectivity index (χ0v) is 19.0. The van der Waals surface area contributed by atoms with Crippen LogP contribution in [0, 0.1) is 0 Å². The third-order valence-electron chi connectivity index (χ3n) is 6.06. The number of fused-ring (bicyclic) bond motifs is 1. The third-order valence-corrected chi connectivity index (χ3v) is 6.06. The number of nitrogens with zero attached hydrogens (tertiary/aromatic N) is 3. The minimum Gasteiger partial charge on any atom is -0.355 e. The number of hydrogen-bond donors (Lipinski definition) is 1. The molecular formula is C27H21F3N4O2. The molecule has 5 rings (SSSR count). The predicted octanol–water partition coefficient (Wildman–Crippen LogP) is 5.73. The highest BCUT2D eigenvalue weighted by Gasteiger charge is 2.31. The molecule has 0 aliphatic carbocycles. The Labute approximate surface area is 204 Å². The maximum absolute atomic E-state index is 13.2. The first-order valence-electron chi connectivity index (χ1n) is 11.4. The van der Waals surface area contributed by atoms with Gasteiger partial charge in [0.05, 0.1) is 22.8 Å². The fourth-order valence-electron chi connectivity index (χ4n) is 4.19. The number of ketones is 1. The Bertz CT molecular complexity index is 1460. The second-order valence-electron chi connectivity index (χ2n) is 8.57. The molecule has 1 saturated heterocycles. The van der Waals surface area contributed by atoms with E-state index in [0.29, 0.717) is 27.8 Å². The molecule has 182 valence electrons. The standard InChI is InChI=1S/C27H21F3N4O2/c28-27(29,30)20-7-3-6-19(13-20)26(36)32-21-8-4-5-17(14-21)25(35)18-9-10-22-23(15-18)33-24(16-31-22)34-11-1-2-12-34/h3-10,13-16H,1-2,11-12H2,(H,32,36). The average Bonchev–Trinajstić information content (AvgIpc) is 3.42. The van der Waals surface area contributed by atoms with Crippen LogP contribution in [-0.2, 0) is 6.18 Å². The maximum atomic E-state index is 13.2. The summed E-state index contributed by atoms with van der Waals surface area (Å²) in [4.78, 5) is 37.1. The lowest BCUT2D eigenvalue weighted by molar-refractivity contribution is -0.137. The van der Waals surface area contributed by atoms with Crippen molar-refractivity contribution in [3.63, 3.8) is 0 Å². The molecule has 1 fully saturated rings. The highest BCUT2D eigenvalue weighted by atomic mass is 19.4. The van der Waals surface area contributed by atoms with Crippen molar-refractivity contribution >= 4 is 34.2 Å². The summed E-state index contributed by atoms with van der Waals surface area (Å²) < 4.78 is 38.9.